The van der Waals surface area contributed by atoms with E-state index < -0.39 is 5.60 Å². The van der Waals surface area contributed by atoms with Crippen LogP contribution in [0.5, 0.6) is 5.75 Å². The SMILES string of the molecule is COc1ccc(Cl)cc1C1(O)CCN(C[C@H]2C[C@H]3C=CC2C3)CC1. The number of rotatable bonds is 4. The fraction of sp³-hybridized carbons (Fsp3) is 0.600. The molecule has 1 aromatic rings. The molecule has 1 N–H and O–H groups in total. The lowest BCUT2D eigenvalue weighted by Gasteiger charge is -2.40. The molecule has 3 nitrogen and oxygen atoms in total. The van der Waals surface area contributed by atoms with Gasteiger partial charge in [-0.15, -0.1) is 0 Å². The molecule has 1 aliphatic heterocycles. The minimum atomic E-state index is -0.832. The van der Waals surface area contributed by atoms with E-state index in [1.54, 1.807) is 7.11 Å². The number of methoxy groups -OCH3 is 1. The smallest absolute Gasteiger partial charge is 0.125 e. The van der Waals surface area contributed by atoms with E-state index in [0.29, 0.717) is 5.02 Å². The number of ether oxygens (including phenoxy) is 1. The van der Waals surface area contributed by atoms with E-state index in [-0.39, 0.29) is 0 Å². The van der Waals surface area contributed by atoms with Crippen LogP contribution in [0.4, 0.5) is 0 Å². The predicted octanol–water partition coefficient (Wildman–Crippen LogP) is 3.84. The Morgan fingerprint density at radius 2 is 2.04 bits per heavy atom. The number of fused-ring (bicyclic) bond motifs is 2. The summed E-state index contributed by atoms with van der Waals surface area (Å²) in [6.45, 7) is 3.04. The van der Waals surface area contributed by atoms with E-state index in [9.17, 15) is 5.11 Å². The van der Waals surface area contributed by atoms with Gasteiger partial charge in [0.2, 0.25) is 0 Å². The summed E-state index contributed by atoms with van der Waals surface area (Å²) < 4.78 is 5.45. The molecule has 2 aliphatic carbocycles. The van der Waals surface area contributed by atoms with Crippen LogP contribution in [0.1, 0.15) is 31.2 Å². The van der Waals surface area contributed by atoms with Crippen molar-refractivity contribution in [2.24, 2.45) is 17.8 Å². The van der Waals surface area contributed by atoms with E-state index >= 15 is 0 Å². The summed E-state index contributed by atoms with van der Waals surface area (Å²) in [5.74, 6) is 3.17. The molecule has 2 fully saturated rings. The quantitative estimate of drug-likeness (QED) is 0.840. The monoisotopic (exact) mass is 347 g/mol. The number of allylic oxidation sites excluding steroid dienone is 2. The lowest BCUT2D eigenvalue weighted by atomic mass is 9.83. The zero-order valence-electron chi connectivity index (χ0n) is 14.2. The van der Waals surface area contributed by atoms with E-state index in [2.05, 4.69) is 17.1 Å². The first-order valence-corrected chi connectivity index (χ1v) is 9.42. The summed E-state index contributed by atoms with van der Waals surface area (Å²) in [4.78, 5) is 2.53. The van der Waals surface area contributed by atoms with Crippen LogP contribution in [0.25, 0.3) is 0 Å². The fourth-order valence-corrected chi connectivity index (χ4v) is 5.03. The molecule has 2 bridgehead atoms. The molecule has 1 aromatic carbocycles. The number of likely N-dealkylation sites (tertiary alicyclic amines) is 1. The average Bonchev–Trinajstić information content (AvgIpc) is 3.20. The minimum Gasteiger partial charge on any atom is -0.496 e. The lowest BCUT2D eigenvalue weighted by Crippen LogP contribution is -2.44. The van der Waals surface area contributed by atoms with Crippen LogP contribution in [-0.4, -0.2) is 36.8 Å². The number of aliphatic hydroxyl groups is 1. The van der Waals surface area contributed by atoms with Crippen LogP contribution in [0.3, 0.4) is 0 Å². The summed E-state index contributed by atoms with van der Waals surface area (Å²) >= 11 is 6.15. The van der Waals surface area contributed by atoms with Gasteiger partial charge in [0, 0.05) is 30.2 Å². The summed E-state index contributed by atoms with van der Waals surface area (Å²) in [6.07, 6.45) is 9.02. The second kappa shape index (κ2) is 6.36. The maximum atomic E-state index is 11.2. The third kappa shape index (κ3) is 2.98. The first-order chi connectivity index (χ1) is 11.6. The van der Waals surface area contributed by atoms with Crippen LogP contribution in [0.2, 0.25) is 5.02 Å². The molecule has 130 valence electrons. The molecule has 1 saturated carbocycles. The van der Waals surface area contributed by atoms with Gasteiger partial charge in [-0.1, -0.05) is 23.8 Å². The van der Waals surface area contributed by atoms with Gasteiger partial charge in [-0.3, -0.25) is 0 Å². The molecule has 0 aromatic heterocycles. The molecule has 4 heteroatoms. The van der Waals surface area contributed by atoms with Gasteiger partial charge < -0.3 is 14.7 Å². The maximum absolute atomic E-state index is 11.2. The van der Waals surface area contributed by atoms with Crippen LogP contribution < -0.4 is 4.74 Å². The van der Waals surface area contributed by atoms with Crippen molar-refractivity contribution in [3.63, 3.8) is 0 Å². The zero-order valence-corrected chi connectivity index (χ0v) is 15.0. The van der Waals surface area contributed by atoms with Gasteiger partial charge in [0.05, 0.1) is 12.7 Å². The van der Waals surface area contributed by atoms with Crippen LogP contribution in [0.15, 0.2) is 30.4 Å². The van der Waals surface area contributed by atoms with Gasteiger partial charge in [0.1, 0.15) is 5.75 Å². The van der Waals surface area contributed by atoms with Gasteiger partial charge in [0.15, 0.2) is 0 Å². The van der Waals surface area contributed by atoms with Crippen molar-refractivity contribution < 1.29 is 9.84 Å². The Morgan fingerprint density at radius 1 is 1.25 bits per heavy atom. The molecule has 0 amide bonds. The lowest BCUT2D eigenvalue weighted by molar-refractivity contribution is -0.0309. The standard InChI is InChI=1S/C20H26ClNO2/c1-24-19-5-4-17(21)12-18(19)20(23)6-8-22(9-7-20)13-16-11-14-2-3-15(16)10-14/h2-5,12,14-16,23H,6-11,13H2,1H3/t14-,15?,16+/m0/s1. The summed E-state index contributed by atoms with van der Waals surface area (Å²) in [5.41, 5.74) is 0.00132. The first kappa shape index (κ1) is 16.4. The van der Waals surface area contributed by atoms with Crippen molar-refractivity contribution in [2.75, 3.05) is 26.7 Å². The Kier molecular flexibility index (Phi) is 4.36. The normalized spacial score (nSPS) is 31.5. The molecule has 1 heterocycles. The number of nitrogens with zero attached hydrogens (tertiary/aromatic N) is 1. The van der Waals surface area contributed by atoms with Gasteiger partial charge in [-0.25, -0.2) is 0 Å². The average molecular weight is 348 g/mol. The second-order valence-electron chi connectivity index (χ2n) is 7.72. The van der Waals surface area contributed by atoms with Crippen LogP contribution >= 0.6 is 11.6 Å². The van der Waals surface area contributed by atoms with Gasteiger partial charge in [-0.05, 0) is 61.6 Å². The Balaban J connectivity index is 1.42. The summed E-state index contributed by atoms with van der Waals surface area (Å²) in [6, 6.07) is 5.52. The summed E-state index contributed by atoms with van der Waals surface area (Å²) in [7, 11) is 1.65. The highest BCUT2D eigenvalue weighted by molar-refractivity contribution is 6.30. The Labute approximate surface area is 149 Å². The van der Waals surface area contributed by atoms with Crippen molar-refractivity contribution in [2.45, 2.75) is 31.3 Å². The molecular weight excluding hydrogens is 322 g/mol. The Hall–Kier alpha value is -1.03. The highest BCUT2D eigenvalue weighted by Crippen LogP contribution is 2.45. The number of piperidine rings is 1. The highest BCUT2D eigenvalue weighted by atomic mass is 35.5. The van der Waals surface area contributed by atoms with E-state index in [4.69, 9.17) is 16.3 Å². The number of halogens is 1. The minimum absolute atomic E-state index is 0.649. The Morgan fingerprint density at radius 3 is 2.67 bits per heavy atom. The number of hydrogen-bond acceptors (Lipinski definition) is 3. The van der Waals surface area contributed by atoms with E-state index in [1.807, 2.05) is 18.2 Å². The number of hydrogen-bond donors (Lipinski definition) is 1. The molecule has 1 saturated heterocycles. The molecule has 0 spiro atoms. The molecule has 0 radical (unpaired) electrons. The zero-order chi connectivity index (χ0) is 16.7. The molecular formula is C20H26ClNO2. The van der Waals surface area contributed by atoms with Crippen molar-refractivity contribution in [1.29, 1.82) is 0 Å². The topological polar surface area (TPSA) is 32.7 Å². The number of benzene rings is 1. The Bertz CT molecular complexity index is 637. The van der Waals surface area contributed by atoms with Gasteiger partial charge >= 0.3 is 0 Å². The van der Waals surface area contributed by atoms with Crippen molar-refractivity contribution in [3.05, 3.63) is 40.9 Å². The van der Waals surface area contributed by atoms with Gasteiger partial charge in [0.25, 0.3) is 0 Å². The first-order valence-electron chi connectivity index (χ1n) is 9.04. The largest absolute Gasteiger partial charge is 0.496 e. The summed E-state index contributed by atoms with van der Waals surface area (Å²) in [5, 5.41) is 11.8. The highest BCUT2D eigenvalue weighted by Gasteiger charge is 2.40. The molecule has 3 aliphatic rings. The predicted molar refractivity (Wildman–Crippen MR) is 96.4 cm³/mol. The van der Waals surface area contributed by atoms with Gasteiger partial charge in [-0.2, -0.15) is 0 Å². The third-order valence-electron chi connectivity index (χ3n) is 6.26. The maximum Gasteiger partial charge on any atom is 0.125 e. The van der Waals surface area contributed by atoms with Crippen molar-refractivity contribution in [1.82, 2.24) is 4.90 Å². The van der Waals surface area contributed by atoms with E-state index in [1.165, 1.54) is 19.4 Å². The molecule has 24 heavy (non-hydrogen) atoms. The fourth-order valence-electron chi connectivity index (χ4n) is 4.85. The molecule has 4 rings (SSSR count). The van der Waals surface area contributed by atoms with Crippen molar-refractivity contribution >= 4 is 11.6 Å². The van der Waals surface area contributed by atoms with Crippen LogP contribution in [-0.2, 0) is 5.60 Å². The van der Waals surface area contributed by atoms with Crippen molar-refractivity contribution in [3.8, 4) is 5.75 Å². The third-order valence-corrected chi connectivity index (χ3v) is 6.49. The van der Waals surface area contributed by atoms with Crippen LogP contribution in [0, 0.1) is 17.8 Å². The second-order valence-corrected chi connectivity index (χ2v) is 8.15. The molecule has 3 atom stereocenters. The molecule has 1 unspecified atom stereocenters. The van der Waals surface area contributed by atoms with E-state index in [0.717, 1.165) is 55.0 Å².